The smallest absolute Gasteiger partial charge is 0.254 e. The Morgan fingerprint density at radius 3 is 2.63 bits per heavy atom. The maximum atomic E-state index is 13.1. The lowest BCUT2D eigenvalue weighted by molar-refractivity contribution is -0.0215. The molecule has 27 heavy (non-hydrogen) atoms. The molecule has 1 aliphatic heterocycles. The first-order valence-electron chi connectivity index (χ1n) is 9.10. The van der Waals surface area contributed by atoms with Crippen LogP contribution in [0, 0.1) is 6.92 Å². The number of pyridine rings is 1. The summed E-state index contributed by atoms with van der Waals surface area (Å²) in [5.41, 5.74) is 2.50. The van der Waals surface area contributed by atoms with Crippen LogP contribution in [0.5, 0.6) is 0 Å². The first-order chi connectivity index (χ1) is 13.0. The molecule has 0 unspecified atom stereocenters. The summed E-state index contributed by atoms with van der Waals surface area (Å²) in [6.45, 7) is 3.03. The lowest BCUT2D eigenvalue weighted by Gasteiger charge is -2.39. The number of piperidine rings is 1. The number of fused-ring (bicyclic) bond motifs is 1. The Morgan fingerprint density at radius 1 is 1.15 bits per heavy atom. The highest BCUT2D eigenvalue weighted by molar-refractivity contribution is 6.31. The van der Waals surface area contributed by atoms with E-state index < -0.39 is 5.60 Å². The van der Waals surface area contributed by atoms with Gasteiger partial charge >= 0.3 is 0 Å². The highest BCUT2D eigenvalue weighted by Crippen LogP contribution is 2.35. The second-order valence-electron chi connectivity index (χ2n) is 7.16. The quantitative estimate of drug-likeness (QED) is 0.720. The molecule has 1 fully saturated rings. The summed E-state index contributed by atoms with van der Waals surface area (Å²) in [5.74, 6) is -0.0449. The number of amides is 1. The predicted molar refractivity (Wildman–Crippen MR) is 107 cm³/mol. The van der Waals surface area contributed by atoms with Crippen LogP contribution in [0.1, 0.15) is 34.3 Å². The second kappa shape index (κ2) is 6.95. The Morgan fingerprint density at radius 2 is 1.89 bits per heavy atom. The van der Waals surface area contributed by atoms with Crippen LogP contribution in [0.3, 0.4) is 0 Å². The number of carbonyl (C=O) groups is 1. The van der Waals surface area contributed by atoms with Crippen LogP contribution < -0.4 is 0 Å². The fourth-order valence-electron chi connectivity index (χ4n) is 3.92. The van der Waals surface area contributed by atoms with Crippen molar-refractivity contribution in [1.29, 1.82) is 0 Å². The Bertz CT molecular complexity index is 1010. The molecule has 1 aliphatic rings. The zero-order valence-corrected chi connectivity index (χ0v) is 15.9. The van der Waals surface area contributed by atoms with Gasteiger partial charge in [0, 0.05) is 29.7 Å². The van der Waals surface area contributed by atoms with Crippen molar-refractivity contribution in [2.24, 2.45) is 0 Å². The third-order valence-corrected chi connectivity index (χ3v) is 5.69. The van der Waals surface area contributed by atoms with Gasteiger partial charge in [-0.25, -0.2) is 0 Å². The molecular formula is C22H21ClN2O2. The van der Waals surface area contributed by atoms with Crippen LogP contribution in [0.2, 0.25) is 5.02 Å². The zero-order valence-electron chi connectivity index (χ0n) is 15.2. The van der Waals surface area contributed by atoms with Gasteiger partial charge in [-0.15, -0.1) is 0 Å². The highest BCUT2D eigenvalue weighted by Gasteiger charge is 2.36. The third-order valence-electron chi connectivity index (χ3n) is 5.46. The molecule has 0 atom stereocenters. The molecule has 1 aromatic heterocycles. The normalized spacial score (nSPS) is 16.5. The summed E-state index contributed by atoms with van der Waals surface area (Å²) in [7, 11) is 0. The zero-order chi connectivity index (χ0) is 19.0. The Labute approximate surface area is 163 Å². The SMILES string of the molecule is Cc1ccccc1C1(O)CCN(C(=O)c2ccnc3ccc(Cl)cc23)CC1. The van der Waals surface area contributed by atoms with Crippen LogP contribution in [-0.2, 0) is 5.60 Å². The summed E-state index contributed by atoms with van der Waals surface area (Å²) in [6, 6.07) is 15.0. The van der Waals surface area contributed by atoms with Crippen molar-refractivity contribution < 1.29 is 9.90 Å². The standard InChI is InChI=1S/C22H21ClN2O2/c1-15-4-2-3-5-19(15)22(27)9-12-25(13-10-22)21(26)17-8-11-24-20-7-6-16(23)14-18(17)20/h2-8,11,14,27H,9-10,12-13H2,1H3. The van der Waals surface area contributed by atoms with E-state index in [4.69, 9.17) is 11.6 Å². The monoisotopic (exact) mass is 380 g/mol. The highest BCUT2D eigenvalue weighted by atomic mass is 35.5. The van der Waals surface area contributed by atoms with Gasteiger partial charge in [0.15, 0.2) is 0 Å². The van der Waals surface area contributed by atoms with E-state index in [1.807, 2.05) is 42.2 Å². The van der Waals surface area contributed by atoms with Gasteiger partial charge in [-0.05, 0) is 55.2 Å². The molecule has 0 aliphatic carbocycles. The van der Waals surface area contributed by atoms with Crippen molar-refractivity contribution in [1.82, 2.24) is 9.88 Å². The fraction of sp³-hybridized carbons (Fsp3) is 0.273. The van der Waals surface area contributed by atoms with Gasteiger partial charge in [-0.2, -0.15) is 0 Å². The summed E-state index contributed by atoms with van der Waals surface area (Å²) >= 11 is 6.12. The number of hydrogen-bond donors (Lipinski definition) is 1. The van der Waals surface area contributed by atoms with E-state index >= 15 is 0 Å². The van der Waals surface area contributed by atoms with Gasteiger partial charge in [0.05, 0.1) is 16.7 Å². The molecule has 0 spiro atoms. The van der Waals surface area contributed by atoms with E-state index in [0.29, 0.717) is 36.5 Å². The number of aliphatic hydroxyl groups is 1. The van der Waals surface area contributed by atoms with Crippen LogP contribution in [0.15, 0.2) is 54.7 Å². The molecule has 2 heterocycles. The number of likely N-dealkylation sites (tertiary alicyclic amines) is 1. The fourth-order valence-corrected chi connectivity index (χ4v) is 4.09. The first-order valence-corrected chi connectivity index (χ1v) is 9.48. The first kappa shape index (κ1) is 18.0. The molecular weight excluding hydrogens is 360 g/mol. The maximum Gasteiger partial charge on any atom is 0.254 e. The minimum Gasteiger partial charge on any atom is -0.385 e. The van der Waals surface area contributed by atoms with Crippen molar-refractivity contribution in [3.63, 3.8) is 0 Å². The van der Waals surface area contributed by atoms with E-state index in [1.54, 1.807) is 24.4 Å². The molecule has 0 radical (unpaired) electrons. The number of aryl methyl sites for hydroxylation is 1. The Balaban J connectivity index is 1.58. The lowest BCUT2D eigenvalue weighted by atomic mass is 9.82. The number of nitrogens with zero attached hydrogens (tertiary/aromatic N) is 2. The van der Waals surface area contributed by atoms with Gasteiger partial charge in [0.2, 0.25) is 0 Å². The minimum absolute atomic E-state index is 0.0449. The summed E-state index contributed by atoms with van der Waals surface area (Å²) in [5, 5.41) is 12.5. The van der Waals surface area contributed by atoms with Crippen molar-refractivity contribution >= 4 is 28.4 Å². The van der Waals surface area contributed by atoms with Crippen LogP contribution in [-0.4, -0.2) is 34.0 Å². The number of hydrogen-bond acceptors (Lipinski definition) is 3. The molecule has 0 bridgehead atoms. The maximum absolute atomic E-state index is 13.1. The third kappa shape index (κ3) is 3.31. The molecule has 2 aromatic carbocycles. The van der Waals surface area contributed by atoms with Crippen molar-refractivity contribution in [2.45, 2.75) is 25.4 Å². The average molecular weight is 381 g/mol. The van der Waals surface area contributed by atoms with E-state index in [2.05, 4.69) is 4.98 Å². The molecule has 3 aromatic rings. The van der Waals surface area contributed by atoms with Crippen molar-refractivity contribution in [2.75, 3.05) is 13.1 Å². The van der Waals surface area contributed by atoms with Gasteiger partial charge < -0.3 is 10.0 Å². The van der Waals surface area contributed by atoms with Gasteiger partial charge in [0.1, 0.15) is 0 Å². The molecule has 138 valence electrons. The topological polar surface area (TPSA) is 53.4 Å². The Hall–Kier alpha value is -2.43. The lowest BCUT2D eigenvalue weighted by Crippen LogP contribution is -2.45. The largest absolute Gasteiger partial charge is 0.385 e. The van der Waals surface area contributed by atoms with Crippen molar-refractivity contribution in [3.05, 3.63) is 76.4 Å². The van der Waals surface area contributed by atoms with E-state index in [-0.39, 0.29) is 5.91 Å². The summed E-state index contributed by atoms with van der Waals surface area (Å²) in [6.07, 6.45) is 2.69. The van der Waals surface area contributed by atoms with Gasteiger partial charge in [-0.1, -0.05) is 35.9 Å². The number of carbonyl (C=O) groups excluding carboxylic acids is 1. The van der Waals surface area contributed by atoms with Crippen LogP contribution in [0.4, 0.5) is 0 Å². The average Bonchev–Trinajstić information content (AvgIpc) is 2.68. The number of benzene rings is 2. The molecule has 4 rings (SSSR count). The second-order valence-corrected chi connectivity index (χ2v) is 7.60. The molecule has 1 saturated heterocycles. The molecule has 1 amide bonds. The van der Waals surface area contributed by atoms with E-state index in [0.717, 1.165) is 22.0 Å². The molecule has 0 saturated carbocycles. The Kier molecular flexibility index (Phi) is 4.62. The molecule has 5 heteroatoms. The summed E-state index contributed by atoms with van der Waals surface area (Å²) < 4.78 is 0. The number of aromatic nitrogens is 1. The van der Waals surface area contributed by atoms with Crippen molar-refractivity contribution in [3.8, 4) is 0 Å². The minimum atomic E-state index is -0.883. The number of rotatable bonds is 2. The summed E-state index contributed by atoms with van der Waals surface area (Å²) in [4.78, 5) is 19.2. The molecule has 1 N–H and O–H groups in total. The molecule has 4 nitrogen and oxygen atoms in total. The number of halogens is 1. The van der Waals surface area contributed by atoms with Crippen LogP contribution >= 0.6 is 11.6 Å². The van der Waals surface area contributed by atoms with Crippen LogP contribution in [0.25, 0.3) is 10.9 Å². The van der Waals surface area contributed by atoms with Gasteiger partial charge in [0.25, 0.3) is 5.91 Å². The van der Waals surface area contributed by atoms with E-state index in [1.165, 1.54) is 0 Å². The predicted octanol–water partition coefficient (Wildman–Crippen LogP) is 4.32. The van der Waals surface area contributed by atoms with E-state index in [9.17, 15) is 9.90 Å². The van der Waals surface area contributed by atoms with Gasteiger partial charge in [-0.3, -0.25) is 9.78 Å².